The maximum absolute atomic E-state index is 12.6. The van der Waals surface area contributed by atoms with Crippen LogP contribution in [0.15, 0.2) is 48.5 Å². The smallest absolute Gasteiger partial charge is 0.263 e. The number of hydrogen-bond donors (Lipinski definition) is 1. The van der Waals surface area contributed by atoms with E-state index in [1.54, 1.807) is 11.3 Å². The van der Waals surface area contributed by atoms with E-state index in [-0.39, 0.29) is 5.91 Å². The number of aromatic nitrogens is 2. The first-order valence-electron chi connectivity index (χ1n) is 7.96. The number of para-hydroxylation sites is 1. The Balaban J connectivity index is 1.51. The lowest BCUT2D eigenvalue weighted by Gasteiger charge is -2.00. The van der Waals surface area contributed by atoms with Crippen molar-refractivity contribution in [3.8, 4) is 10.6 Å². The fourth-order valence-electron chi connectivity index (χ4n) is 2.58. The van der Waals surface area contributed by atoms with E-state index >= 15 is 0 Å². The summed E-state index contributed by atoms with van der Waals surface area (Å²) < 4.78 is 1.12. The van der Waals surface area contributed by atoms with Gasteiger partial charge in [-0.3, -0.25) is 4.79 Å². The Morgan fingerprint density at radius 2 is 1.96 bits per heavy atom. The monoisotopic (exact) mass is 399 g/mol. The summed E-state index contributed by atoms with van der Waals surface area (Å²) >= 11 is 9.01. The van der Waals surface area contributed by atoms with Gasteiger partial charge in [-0.2, -0.15) is 0 Å². The molecule has 0 aliphatic heterocycles. The molecular weight excluding hydrogens is 386 g/mol. The molecule has 130 valence electrons. The van der Waals surface area contributed by atoms with E-state index in [1.165, 1.54) is 11.3 Å². The van der Waals surface area contributed by atoms with Gasteiger partial charge in [0.2, 0.25) is 0 Å². The molecule has 4 nitrogen and oxygen atoms in total. The zero-order valence-electron chi connectivity index (χ0n) is 13.8. The number of aryl methyl sites for hydroxylation is 1. The second kappa shape index (κ2) is 7.15. The summed E-state index contributed by atoms with van der Waals surface area (Å²) in [6.45, 7) is 2.25. The molecule has 1 N–H and O–H groups in total. The Morgan fingerprint density at radius 1 is 1.12 bits per heavy atom. The van der Waals surface area contributed by atoms with Gasteiger partial charge >= 0.3 is 0 Å². The maximum atomic E-state index is 12.6. The SMILES string of the molecule is Cc1nc(-c2cccc(Cl)c2)sc1C(=O)NCc1nc2ccccc2s1. The molecule has 4 aromatic rings. The lowest BCUT2D eigenvalue weighted by atomic mass is 10.2. The van der Waals surface area contributed by atoms with E-state index in [0.29, 0.717) is 22.1 Å². The Bertz CT molecular complexity index is 1070. The van der Waals surface area contributed by atoms with E-state index in [4.69, 9.17) is 11.6 Å². The molecule has 0 saturated carbocycles. The van der Waals surface area contributed by atoms with Gasteiger partial charge in [0.1, 0.15) is 14.9 Å². The summed E-state index contributed by atoms with van der Waals surface area (Å²) in [5.41, 5.74) is 2.58. The third-order valence-corrected chi connectivity index (χ3v) is 6.29. The molecule has 2 aromatic carbocycles. The number of carbonyl (C=O) groups is 1. The molecule has 4 rings (SSSR count). The lowest BCUT2D eigenvalue weighted by molar-refractivity contribution is 0.0954. The third-order valence-electron chi connectivity index (χ3n) is 3.81. The number of benzene rings is 2. The van der Waals surface area contributed by atoms with Crippen LogP contribution < -0.4 is 5.32 Å². The fraction of sp³-hybridized carbons (Fsp3) is 0.105. The van der Waals surface area contributed by atoms with Crippen LogP contribution in [-0.4, -0.2) is 15.9 Å². The average Bonchev–Trinajstić information content (AvgIpc) is 3.23. The van der Waals surface area contributed by atoms with Crippen LogP contribution in [0.25, 0.3) is 20.8 Å². The van der Waals surface area contributed by atoms with Crippen molar-refractivity contribution in [2.45, 2.75) is 13.5 Å². The standard InChI is InChI=1S/C19H14ClN3OS2/c1-11-17(26-19(22-11)12-5-4-6-13(20)9-12)18(24)21-10-16-23-14-7-2-3-8-15(14)25-16/h2-9H,10H2,1H3,(H,21,24). The summed E-state index contributed by atoms with van der Waals surface area (Å²) in [4.78, 5) is 22.2. The van der Waals surface area contributed by atoms with Crippen molar-refractivity contribution in [1.82, 2.24) is 15.3 Å². The highest BCUT2D eigenvalue weighted by molar-refractivity contribution is 7.18. The van der Waals surface area contributed by atoms with Crippen LogP contribution in [0.1, 0.15) is 20.4 Å². The molecule has 0 bridgehead atoms. The molecule has 7 heteroatoms. The summed E-state index contributed by atoms with van der Waals surface area (Å²) in [5, 5.41) is 5.27. The first-order chi connectivity index (χ1) is 12.6. The highest BCUT2D eigenvalue weighted by atomic mass is 35.5. The number of amides is 1. The first kappa shape index (κ1) is 17.1. The van der Waals surface area contributed by atoms with Crippen LogP contribution >= 0.6 is 34.3 Å². The van der Waals surface area contributed by atoms with Gasteiger partial charge in [0.15, 0.2) is 0 Å². The van der Waals surface area contributed by atoms with Gasteiger partial charge in [-0.15, -0.1) is 22.7 Å². The minimum absolute atomic E-state index is 0.132. The lowest BCUT2D eigenvalue weighted by Crippen LogP contribution is -2.22. The number of nitrogens with one attached hydrogen (secondary N) is 1. The Labute approximate surface area is 163 Å². The summed E-state index contributed by atoms with van der Waals surface area (Å²) in [5.74, 6) is -0.132. The number of hydrogen-bond acceptors (Lipinski definition) is 5. The molecule has 0 saturated heterocycles. The predicted molar refractivity (Wildman–Crippen MR) is 108 cm³/mol. The predicted octanol–water partition coefficient (Wildman–Crippen LogP) is 5.31. The molecule has 0 fully saturated rings. The van der Waals surface area contributed by atoms with Crippen molar-refractivity contribution >= 4 is 50.4 Å². The van der Waals surface area contributed by atoms with Crippen molar-refractivity contribution in [2.75, 3.05) is 0 Å². The fourth-order valence-corrected chi connectivity index (χ4v) is 4.66. The van der Waals surface area contributed by atoms with Gasteiger partial charge in [0.25, 0.3) is 5.91 Å². The molecule has 0 aliphatic carbocycles. The van der Waals surface area contributed by atoms with Crippen molar-refractivity contribution in [3.05, 3.63) is 69.1 Å². The number of fused-ring (bicyclic) bond motifs is 1. The van der Waals surface area contributed by atoms with Crippen LogP contribution in [-0.2, 0) is 6.54 Å². The van der Waals surface area contributed by atoms with Crippen LogP contribution in [0.2, 0.25) is 5.02 Å². The molecule has 2 aromatic heterocycles. The highest BCUT2D eigenvalue weighted by Gasteiger charge is 2.16. The van der Waals surface area contributed by atoms with E-state index in [9.17, 15) is 4.79 Å². The molecule has 0 atom stereocenters. The quantitative estimate of drug-likeness (QED) is 0.505. The largest absolute Gasteiger partial charge is 0.345 e. The van der Waals surface area contributed by atoms with Crippen LogP contribution in [0, 0.1) is 6.92 Å². The molecule has 2 heterocycles. The number of thiazole rings is 2. The van der Waals surface area contributed by atoms with Gasteiger partial charge in [0.05, 0.1) is 22.5 Å². The number of halogens is 1. The van der Waals surface area contributed by atoms with E-state index in [0.717, 1.165) is 25.8 Å². The topological polar surface area (TPSA) is 54.9 Å². The second-order valence-corrected chi connectivity index (χ2v) is 8.25. The van der Waals surface area contributed by atoms with Crippen LogP contribution in [0.4, 0.5) is 0 Å². The van der Waals surface area contributed by atoms with Gasteiger partial charge in [-0.25, -0.2) is 9.97 Å². The normalized spacial score (nSPS) is 11.0. The molecule has 1 amide bonds. The molecule has 26 heavy (non-hydrogen) atoms. The molecule has 0 radical (unpaired) electrons. The first-order valence-corrected chi connectivity index (χ1v) is 9.97. The van der Waals surface area contributed by atoms with Gasteiger partial charge in [0, 0.05) is 10.6 Å². The van der Waals surface area contributed by atoms with E-state index in [1.807, 2.05) is 55.5 Å². The Kier molecular flexibility index (Phi) is 4.72. The number of nitrogens with zero attached hydrogens (tertiary/aromatic N) is 2. The Morgan fingerprint density at radius 3 is 2.77 bits per heavy atom. The zero-order chi connectivity index (χ0) is 18.1. The van der Waals surface area contributed by atoms with Gasteiger partial charge in [-0.1, -0.05) is 35.9 Å². The van der Waals surface area contributed by atoms with E-state index < -0.39 is 0 Å². The van der Waals surface area contributed by atoms with Crippen molar-refractivity contribution in [2.24, 2.45) is 0 Å². The number of carbonyl (C=O) groups excluding carboxylic acids is 1. The van der Waals surface area contributed by atoms with Gasteiger partial charge in [-0.05, 0) is 31.2 Å². The van der Waals surface area contributed by atoms with Crippen molar-refractivity contribution in [1.29, 1.82) is 0 Å². The Hall–Kier alpha value is -2.28. The molecule has 0 spiro atoms. The van der Waals surface area contributed by atoms with Crippen LogP contribution in [0.5, 0.6) is 0 Å². The van der Waals surface area contributed by atoms with Crippen molar-refractivity contribution in [3.63, 3.8) is 0 Å². The zero-order valence-corrected chi connectivity index (χ0v) is 16.2. The summed E-state index contributed by atoms with van der Waals surface area (Å²) in [7, 11) is 0. The molecule has 0 aliphatic rings. The summed E-state index contributed by atoms with van der Waals surface area (Å²) in [6.07, 6.45) is 0. The second-order valence-electron chi connectivity index (χ2n) is 5.70. The van der Waals surface area contributed by atoms with E-state index in [2.05, 4.69) is 15.3 Å². The number of rotatable bonds is 4. The average molecular weight is 400 g/mol. The van der Waals surface area contributed by atoms with Crippen LogP contribution in [0.3, 0.4) is 0 Å². The van der Waals surface area contributed by atoms with Gasteiger partial charge < -0.3 is 5.32 Å². The minimum atomic E-state index is -0.132. The molecular formula is C19H14ClN3OS2. The highest BCUT2D eigenvalue weighted by Crippen LogP contribution is 2.29. The minimum Gasteiger partial charge on any atom is -0.345 e. The molecule has 0 unspecified atom stereocenters. The van der Waals surface area contributed by atoms with Crippen molar-refractivity contribution < 1.29 is 4.79 Å². The summed E-state index contributed by atoms with van der Waals surface area (Å²) in [6, 6.07) is 15.4. The third kappa shape index (κ3) is 3.49. The maximum Gasteiger partial charge on any atom is 0.263 e.